The zero-order valence-corrected chi connectivity index (χ0v) is 10.7. The molecule has 18 heavy (non-hydrogen) atoms. The van der Waals surface area contributed by atoms with E-state index in [-0.39, 0.29) is 5.78 Å². The number of nitrogens with zero attached hydrogens (tertiary/aromatic N) is 2. The van der Waals surface area contributed by atoms with Gasteiger partial charge in [-0.2, -0.15) is 5.26 Å². The average Bonchev–Trinajstić information content (AvgIpc) is 3.19. The molecule has 3 heteroatoms. The van der Waals surface area contributed by atoms with E-state index in [9.17, 15) is 4.79 Å². The van der Waals surface area contributed by atoms with Gasteiger partial charge in [-0.1, -0.05) is 29.8 Å². The van der Waals surface area contributed by atoms with Crippen LogP contribution in [0, 0.1) is 18.3 Å². The van der Waals surface area contributed by atoms with E-state index >= 15 is 0 Å². The molecule has 1 aliphatic rings. The maximum Gasteiger partial charge on any atom is 0.176 e. The zero-order chi connectivity index (χ0) is 13.0. The number of hydrogen-bond acceptors (Lipinski definition) is 3. The van der Waals surface area contributed by atoms with Crippen LogP contribution >= 0.6 is 0 Å². The predicted octanol–water partition coefficient (Wildman–Crippen LogP) is 2.56. The topological polar surface area (TPSA) is 44.1 Å². The van der Waals surface area contributed by atoms with Gasteiger partial charge >= 0.3 is 0 Å². The lowest BCUT2D eigenvalue weighted by atomic mass is 10.1. The quantitative estimate of drug-likeness (QED) is 0.720. The molecular formula is C15H18N2O. The van der Waals surface area contributed by atoms with Crippen molar-refractivity contribution < 1.29 is 4.79 Å². The molecule has 1 fully saturated rings. The van der Waals surface area contributed by atoms with Crippen molar-refractivity contribution in [2.75, 3.05) is 13.1 Å². The molecule has 3 nitrogen and oxygen atoms in total. The number of rotatable bonds is 6. The van der Waals surface area contributed by atoms with E-state index in [1.165, 1.54) is 0 Å². The van der Waals surface area contributed by atoms with Crippen LogP contribution in [0.1, 0.15) is 35.2 Å². The lowest BCUT2D eigenvalue weighted by Crippen LogP contribution is -2.32. The van der Waals surface area contributed by atoms with Crippen molar-refractivity contribution >= 4 is 5.78 Å². The monoisotopic (exact) mass is 242 g/mol. The second-order valence-corrected chi connectivity index (χ2v) is 4.90. The molecule has 0 spiro atoms. The predicted molar refractivity (Wildman–Crippen MR) is 70.3 cm³/mol. The first-order valence-electron chi connectivity index (χ1n) is 6.41. The lowest BCUT2D eigenvalue weighted by Gasteiger charge is -2.19. The Hall–Kier alpha value is -1.66. The van der Waals surface area contributed by atoms with Gasteiger partial charge in [0.2, 0.25) is 0 Å². The van der Waals surface area contributed by atoms with Gasteiger partial charge in [0.25, 0.3) is 0 Å². The van der Waals surface area contributed by atoms with Gasteiger partial charge < -0.3 is 0 Å². The third kappa shape index (κ3) is 3.41. The fourth-order valence-electron chi connectivity index (χ4n) is 2.04. The molecule has 0 unspecified atom stereocenters. The van der Waals surface area contributed by atoms with Crippen molar-refractivity contribution in [2.45, 2.75) is 32.2 Å². The number of Topliss-reactive ketones (excluding diaryl/α,β-unsaturated/α-hetero) is 1. The van der Waals surface area contributed by atoms with Gasteiger partial charge in [-0.3, -0.25) is 9.69 Å². The van der Waals surface area contributed by atoms with Crippen LogP contribution in [-0.2, 0) is 0 Å². The van der Waals surface area contributed by atoms with Gasteiger partial charge in [-0.25, -0.2) is 0 Å². The SMILES string of the molecule is Cc1ccc(C(=O)CN(CCC#N)C2CC2)cc1. The van der Waals surface area contributed by atoms with E-state index in [1.54, 1.807) is 0 Å². The zero-order valence-electron chi connectivity index (χ0n) is 10.7. The van der Waals surface area contributed by atoms with Crippen molar-refractivity contribution in [3.8, 4) is 6.07 Å². The summed E-state index contributed by atoms with van der Waals surface area (Å²) >= 11 is 0. The Bertz CT molecular complexity index is 454. The molecule has 1 aromatic rings. The standard InChI is InChI=1S/C15H18N2O/c1-12-3-5-13(6-4-12)15(18)11-17(10-2-9-16)14-7-8-14/h3-6,14H,2,7-8,10-11H2,1H3. The Morgan fingerprint density at radius 2 is 2.06 bits per heavy atom. The molecule has 0 radical (unpaired) electrons. The highest BCUT2D eigenvalue weighted by Crippen LogP contribution is 2.27. The van der Waals surface area contributed by atoms with Crippen LogP contribution in [0.5, 0.6) is 0 Å². The molecule has 0 N–H and O–H groups in total. The molecule has 2 rings (SSSR count). The van der Waals surface area contributed by atoms with Crippen molar-refractivity contribution in [1.29, 1.82) is 5.26 Å². The van der Waals surface area contributed by atoms with Gasteiger partial charge in [0.15, 0.2) is 5.78 Å². The molecule has 0 saturated heterocycles. The molecule has 0 aromatic heterocycles. The smallest absolute Gasteiger partial charge is 0.176 e. The third-order valence-corrected chi connectivity index (χ3v) is 3.29. The average molecular weight is 242 g/mol. The summed E-state index contributed by atoms with van der Waals surface area (Å²) in [7, 11) is 0. The summed E-state index contributed by atoms with van der Waals surface area (Å²) in [6.45, 7) is 3.16. The van der Waals surface area contributed by atoms with Crippen molar-refractivity contribution in [3.63, 3.8) is 0 Å². The number of ketones is 1. The Kier molecular flexibility index (Phi) is 4.11. The van der Waals surface area contributed by atoms with Crippen molar-refractivity contribution in [3.05, 3.63) is 35.4 Å². The number of hydrogen-bond donors (Lipinski definition) is 0. The Morgan fingerprint density at radius 1 is 1.39 bits per heavy atom. The second kappa shape index (κ2) is 5.79. The highest BCUT2D eigenvalue weighted by Gasteiger charge is 2.29. The first kappa shape index (κ1) is 12.8. The van der Waals surface area contributed by atoms with E-state index in [0.29, 0.717) is 25.6 Å². The lowest BCUT2D eigenvalue weighted by molar-refractivity contribution is 0.0926. The van der Waals surface area contributed by atoms with Gasteiger partial charge in [0.05, 0.1) is 12.6 Å². The van der Waals surface area contributed by atoms with Crippen LogP contribution in [0.15, 0.2) is 24.3 Å². The summed E-state index contributed by atoms with van der Waals surface area (Å²) in [6, 6.07) is 10.4. The van der Waals surface area contributed by atoms with E-state index in [1.807, 2.05) is 31.2 Å². The second-order valence-electron chi connectivity index (χ2n) is 4.90. The van der Waals surface area contributed by atoms with Crippen LogP contribution in [0.3, 0.4) is 0 Å². The first-order valence-corrected chi connectivity index (χ1v) is 6.41. The van der Waals surface area contributed by atoms with Crippen LogP contribution < -0.4 is 0 Å². The normalized spacial score (nSPS) is 14.5. The minimum Gasteiger partial charge on any atom is -0.293 e. The number of aryl methyl sites for hydroxylation is 1. The summed E-state index contributed by atoms with van der Waals surface area (Å²) in [5, 5.41) is 8.64. The molecule has 0 amide bonds. The Balaban J connectivity index is 1.96. The highest BCUT2D eigenvalue weighted by molar-refractivity contribution is 5.97. The first-order chi connectivity index (χ1) is 8.70. The van der Waals surface area contributed by atoms with E-state index in [4.69, 9.17) is 5.26 Å². The maximum atomic E-state index is 12.1. The molecule has 0 aliphatic heterocycles. The Morgan fingerprint density at radius 3 is 2.61 bits per heavy atom. The summed E-state index contributed by atoms with van der Waals surface area (Å²) in [4.78, 5) is 14.3. The summed E-state index contributed by atoms with van der Waals surface area (Å²) in [6.07, 6.45) is 2.82. The van der Waals surface area contributed by atoms with Crippen molar-refractivity contribution in [2.24, 2.45) is 0 Å². The van der Waals surface area contributed by atoms with E-state index < -0.39 is 0 Å². The van der Waals surface area contributed by atoms with Crippen LogP contribution in [0.2, 0.25) is 0 Å². The number of nitriles is 1. The molecule has 0 heterocycles. The molecular weight excluding hydrogens is 224 g/mol. The van der Waals surface area contributed by atoms with E-state index in [2.05, 4.69) is 11.0 Å². The highest BCUT2D eigenvalue weighted by atomic mass is 16.1. The largest absolute Gasteiger partial charge is 0.293 e. The minimum absolute atomic E-state index is 0.153. The fourth-order valence-corrected chi connectivity index (χ4v) is 2.04. The molecule has 1 saturated carbocycles. The maximum absolute atomic E-state index is 12.1. The molecule has 94 valence electrons. The van der Waals surface area contributed by atoms with Gasteiger partial charge in [-0.15, -0.1) is 0 Å². The summed E-state index contributed by atoms with van der Waals surface area (Å²) in [5.74, 6) is 0.153. The summed E-state index contributed by atoms with van der Waals surface area (Å²) in [5.41, 5.74) is 1.93. The minimum atomic E-state index is 0.153. The molecule has 1 aromatic carbocycles. The molecule has 0 bridgehead atoms. The number of benzene rings is 1. The van der Waals surface area contributed by atoms with Crippen molar-refractivity contribution in [1.82, 2.24) is 4.90 Å². The van der Waals surface area contributed by atoms with Gasteiger partial charge in [0, 0.05) is 24.6 Å². The van der Waals surface area contributed by atoms with Crippen LogP contribution in [0.25, 0.3) is 0 Å². The van der Waals surface area contributed by atoms with Crippen LogP contribution in [-0.4, -0.2) is 29.8 Å². The fraction of sp³-hybridized carbons (Fsp3) is 0.467. The Labute approximate surface area is 108 Å². The van der Waals surface area contributed by atoms with Gasteiger partial charge in [0.1, 0.15) is 0 Å². The third-order valence-electron chi connectivity index (χ3n) is 3.29. The van der Waals surface area contributed by atoms with E-state index in [0.717, 1.165) is 24.0 Å². The number of carbonyl (C=O) groups excluding carboxylic acids is 1. The molecule has 0 atom stereocenters. The number of carbonyl (C=O) groups is 1. The molecule has 1 aliphatic carbocycles. The van der Waals surface area contributed by atoms with Gasteiger partial charge in [-0.05, 0) is 19.8 Å². The van der Waals surface area contributed by atoms with Crippen LogP contribution in [0.4, 0.5) is 0 Å². The summed E-state index contributed by atoms with van der Waals surface area (Å²) < 4.78 is 0.